The molecule has 1 aromatic carbocycles. The van der Waals surface area contributed by atoms with Gasteiger partial charge in [0, 0.05) is 36.6 Å². The van der Waals surface area contributed by atoms with Crippen LogP contribution in [0.3, 0.4) is 0 Å². The van der Waals surface area contributed by atoms with Crippen molar-refractivity contribution in [2.24, 2.45) is 23.5 Å². The quantitative estimate of drug-likeness (QED) is 0.826. The molecular weight excluding hydrogens is 346 g/mol. The first-order chi connectivity index (χ1) is 12.4. The molecule has 2 unspecified atom stereocenters. The molecule has 2 saturated carbocycles. The normalized spacial score (nSPS) is 28.2. The number of nitrogens with two attached hydrogens (primary N) is 1. The summed E-state index contributed by atoms with van der Waals surface area (Å²) in [5, 5.41) is 0.723. The summed E-state index contributed by atoms with van der Waals surface area (Å²) >= 11 is 6.14. The Bertz CT molecular complexity index is 607. The van der Waals surface area contributed by atoms with E-state index in [1.54, 1.807) is 0 Å². The highest BCUT2D eigenvalue weighted by molar-refractivity contribution is 6.30. The van der Waals surface area contributed by atoms with E-state index in [2.05, 4.69) is 4.90 Å². The molecule has 0 aromatic heterocycles. The fraction of sp³-hybridized carbons (Fsp3) is 0.667. The van der Waals surface area contributed by atoms with Crippen LogP contribution >= 0.6 is 11.6 Å². The Hall–Kier alpha value is -1.10. The van der Waals surface area contributed by atoms with Gasteiger partial charge in [0.15, 0.2) is 0 Å². The molecule has 26 heavy (non-hydrogen) atoms. The molecule has 2 atom stereocenters. The summed E-state index contributed by atoms with van der Waals surface area (Å²) in [4.78, 5) is 17.5. The van der Waals surface area contributed by atoms with Crippen LogP contribution in [0.15, 0.2) is 24.3 Å². The summed E-state index contributed by atoms with van der Waals surface area (Å²) in [6, 6.07) is 8.14. The van der Waals surface area contributed by atoms with E-state index in [0.717, 1.165) is 36.5 Å². The number of hydrogen-bond donors (Lipinski definition) is 1. The Morgan fingerprint density at radius 3 is 2.50 bits per heavy atom. The molecule has 2 aliphatic carbocycles. The molecule has 2 aliphatic rings. The minimum Gasteiger partial charge on any atom is -0.337 e. The molecule has 2 N–H and O–H groups in total. The van der Waals surface area contributed by atoms with Gasteiger partial charge in [0.2, 0.25) is 5.91 Å². The number of likely N-dealkylation sites (N-methyl/N-ethyl adjacent to an activating group) is 1. The van der Waals surface area contributed by atoms with Gasteiger partial charge in [-0.15, -0.1) is 0 Å². The fourth-order valence-corrected chi connectivity index (χ4v) is 4.91. The number of carbonyl (C=O) groups is 1. The SMILES string of the molecule is CN(C)CCN(Cc1cccc(Cl)c1)C(=O)C1CC2CCCC(C1)C2N. The van der Waals surface area contributed by atoms with E-state index in [9.17, 15) is 4.79 Å². The highest BCUT2D eigenvalue weighted by Gasteiger charge is 2.41. The maximum Gasteiger partial charge on any atom is 0.226 e. The van der Waals surface area contributed by atoms with Crippen molar-refractivity contribution in [1.29, 1.82) is 0 Å². The summed E-state index contributed by atoms with van der Waals surface area (Å²) in [5.74, 6) is 1.48. The molecule has 5 heteroatoms. The van der Waals surface area contributed by atoms with Crippen molar-refractivity contribution < 1.29 is 4.79 Å². The van der Waals surface area contributed by atoms with Crippen molar-refractivity contribution in [2.75, 3.05) is 27.2 Å². The minimum atomic E-state index is 0.131. The second kappa shape index (κ2) is 8.73. The fourth-order valence-electron chi connectivity index (χ4n) is 4.69. The van der Waals surface area contributed by atoms with Gasteiger partial charge in [-0.05, 0) is 69.3 Å². The number of nitrogens with zero attached hydrogens (tertiary/aromatic N) is 2. The first-order valence-electron chi connectivity index (χ1n) is 9.87. The Kier molecular flexibility index (Phi) is 6.60. The number of amides is 1. The molecule has 4 nitrogen and oxygen atoms in total. The predicted octanol–water partition coefficient (Wildman–Crippen LogP) is 3.38. The van der Waals surface area contributed by atoms with Crippen LogP contribution in [0, 0.1) is 17.8 Å². The van der Waals surface area contributed by atoms with E-state index in [1.807, 2.05) is 43.3 Å². The average Bonchev–Trinajstić information content (AvgIpc) is 2.57. The maximum absolute atomic E-state index is 13.4. The Labute approximate surface area is 162 Å². The van der Waals surface area contributed by atoms with Crippen LogP contribution < -0.4 is 5.73 Å². The van der Waals surface area contributed by atoms with Crippen molar-refractivity contribution in [2.45, 2.75) is 44.7 Å². The standard InChI is InChI=1S/C21H32ClN3O/c1-24(2)9-10-25(14-15-5-3-8-19(22)11-15)21(26)18-12-16-6-4-7-17(13-18)20(16)23/h3,5,8,11,16-18,20H,4,6-7,9-10,12-14,23H2,1-2H3. The molecule has 2 bridgehead atoms. The highest BCUT2D eigenvalue weighted by Crippen LogP contribution is 2.42. The monoisotopic (exact) mass is 377 g/mol. The van der Waals surface area contributed by atoms with Crippen molar-refractivity contribution >= 4 is 17.5 Å². The molecule has 0 spiro atoms. The zero-order valence-electron chi connectivity index (χ0n) is 16.0. The smallest absolute Gasteiger partial charge is 0.226 e. The zero-order chi connectivity index (χ0) is 18.7. The van der Waals surface area contributed by atoms with Crippen LogP contribution in [-0.2, 0) is 11.3 Å². The van der Waals surface area contributed by atoms with Crippen molar-refractivity contribution in [1.82, 2.24) is 9.80 Å². The van der Waals surface area contributed by atoms with Gasteiger partial charge in [-0.3, -0.25) is 4.79 Å². The molecule has 0 aliphatic heterocycles. The van der Waals surface area contributed by atoms with Gasteiger partial charge in [0.1, 0.15) is 0 Å². The highest BCUT2D eigenvalue weighted by atomic mass is 35.5. The van der Waals surface area contributed by atoms with Gasteiger partial charge < -0.3 is 15.5 Å². The molecule has 3 rings (SSSR count). The lowest BCUT2D eigenvalue weighted by Gasteiger charge is -2.44. The maximum atomic E-state index is 13.4. The molecule has 0 heterocycles. The van der Waals surface area contributed by atoms with E-state index >= 15 is 0 Å². The number of fused-ring (bicyclic) bond motifs is 2. The topological polar surface area (TPSA) is 49.6 Å². The third-order valence-corrected chi connectivity index (χ3v) is 6.39. The summed E-state index contributed by atoms with van der Waals surface area (Å²) in [7, 11) is 4.10. The Morgan fingerprint density at radius 2 is 1.88 bits per heavy atom. The molecule has 1 aromatic rings. The lowest BCUT2D eigenvalue weighted by atomic mass is 9.65. The first-order valence-corrected chi connectivity index (χ1v) is 10.3. The van der Waals surface area contributed by atoms with Crippen LogP contribution in [0.1, 0.15) is 37.7 Å². The number of halogens is 1. The van der Waals surface area contributed by atoms with Crippen molar-refractivity contribution in [3.8, 4) is 0 Å². The number of hydrogen-bond acceptors (Lipinski definition) is 3. The predicted molar refractivity (Wildman–Crippen MR) is 107 cm³/mol. The van der Waals surface area contributed by atoms with Gasteiger partial charge in [0.05, 0.1) is 0 Å². The zero-order valence-corrected chi connectivity index (χ0v) is 16.8. The molecule has 144 valence electrons. The summed E-state index contributed by atoms with van der Waals surface area (Å²) in [5.41, 5.74) is 7.51. The summed E-state index contributed by atoms with van der Waals surface area (Å²) in [6.45, 7) is 2.24. The lowest BCUT2D eigenvalue weighted by molar-refractivity contribution is -0.139. The van der Waals surface area contributed by atoms with Gasteiger partial charge in [0.25, 0.3) is 0 Å². The van der Waals surface area contributed by atoms with E-state index < -0.39 is 0 Å². The molecule has 0 radical (unpaired) electrons. The van der Waals surface area contributed by atoms with Gasteiger partial charge in [-0.1, -0.05) is 30.2 Å². The van der Waals surface area contributed by atoms with Gasteiger partial charge in [-0.2, -0.15) is 0 Å². The van der Waals surface area contributed by atoms with Gasteiger partial charge in [-0.25, -0.2) is 0 Å². The summed E-state index contributed by atoms with van der Waals surface area (Å²) in [6.07, 6.45) is 5.58. The second-order valence-corrected chi connectivity index (χ2v) is 8.83. The largest absolute Gasteiger partial charge is 0.337 e. The Balaban J connectivity index is 1.71. The molecular formula is C21H32ClN3O. The van der Waals surface area contributed by atoms with Crippen LogP contribution in [0.25, 0.3) is 0 Å². The first kappa shape index (κ1) is 19.7. The number of carbonyl (C=O) groups excluding carboxylic acids is 1. The van der Waals surface area contributed by atoms with Gasteiger partial charge >= 0.3 is 0 Å². The second-order valence-electron chi connectivity index (χ2n) is 8.39. The lowest BCUT2D eigenvalue weighted by Crippen LogP contribution is -2.50. The van der Waals surface area contributed by atoms with Crippen molar-refractivity contribution in [3.63, 3.8) is 0 Å². The molecule has 2 fully saturated rings. The molecule has 0 saturated heterocycles. The number of rotatable bonds is 6. The summed E-state index contributed by atoms with van der Waals surface area (Å²) < 4.78 is 0. The third-order valence-electron chi connectivity index (χ3n) is 6.15. The van der Waals surface area contributed by atoms with E-state index in [-0.39, 0.29) is 5.92 Å². The number of benzene rings is 1. The van der Waals surface area contributed by atoms with Crippen molar-refractivity contribution in [3.05, 3.63) is 34.9 Å². The minimum absolute atomic E-state index is 0.131. The van der Waals surface area contributed by atoms with Crippen LogP contribution in [-0.4, -0.2) is 48.9 Å². The van der Waals surface area contributed by atoms with E-state index in [4.69, 9.17) is 17.3 Å². The average molecular weight is 378 g/mol. The Morgan fingerprint density at radius 1 is 1.19 bits per heavy atom. The van der Waals surface area contributed by atoms with Crippen LogP contribution in [0.5, 0.6) is 0 Å². The molecule has 1 amide bonds. The van der Waals surface area contributed by atoms with Crippen LogP contribution in [0.2, 0.25) is 5.02 Å². The van der Waals surface area contributed by atoms with Crippen LogP contribution in [0.4, 0.5) is 0 Å². The van der Waals surface area contributed by atoms with E-state index in [1.165, 1.54) is 19.3 Å². The van der Waals surface area contributed by atoms with E-state index in [0.29, 0.717) is 30.3 Å². The third kappa shape index (κ3) is 4.79.